The minimum Gasteiger partial charge on any atom is -0.507 e. The van der Waals surface area contributed by atoms with Gasteiger partial charge < -0.3 is 15.5 Å². The number of carboxylic acid groups (broad SMARTS) is 1. The maximum Gasteiger partial charge on any atom is 0.339 e. The molecule has 1 aliphatic heterocycles. The van der Waals surface area contributed by atoms with Crippen LogP contribution in [0.15, 0.2) is 47.4 Å². The van der Waals surface area contributed by atoms with Gasteiger partial charge in [-0.3, -0.25) is 19.3 Å². The van der Waals surface area contributed by atoms with Crippen molar-refractivity contribution in [3.05, 3.63) is 64.1 Å². The number of aromatic hydroxyl groups is 1. The van der Waals surface area contributed by atoms with Gasteiger partial charge in [-0.05, 0) is 48.0 Å². The predicted octanol–water partition coefficient (Wildman–Crippen LogP) is 3.07. The Labute approximate surface area is 169 Å². The van der Waals surface area contributed by atoms with E-state index in [2.05, 4.69) is 5.32 Å². The van der Waals surface area contributed by atoms with Crippen molar-refractivity contribution in [2.24, 2.45) is 0 Å². The summed E-state index contributed by atoms with van der Waals surface area (Å²) in [7, 11) is 0. The lowest BCUT2D eigenvalue weighted by Crippen LogP contribution is -2.36. The van der Waals surface area contributed by atoms with Crippen molar-refractivity contribution >= 4 is 46.5 Å². The molecule has 0 unspecified atom stereocenters. The highest BCUT2D eigenvalue weighted by molar-refractivity contribution is 8.18. The molecule has 8 nitrogen and oxygen atoms in total. The summed E-state index contributed by atoms with van der Waals surface area (Å²) in [5.74, 6) is -3.05. The Hall–Kier alpha value is -3.59. The number of anilines is 1. The number of aryl methyl sites for hydroxylation is 1. The molecule has 0 spiro atoms. The predicted molar refractivity (Wildman–Crippen MR) is 108 cm³/mol. The number of nitrogens with zero attached hydrogens (tertiary/aromatic N) is 1. The first kappa shape index (κ1) is 20.2. The van der Waals surface area contributed by atoms with Gasteiger partial charge in [0.05, 0.1) is 4.91 Å². The fourth-order valence-corrected chi connectivity index (χ4v) is 3.49. The number of rotatable bonds is 5. The summed E-state index contributed by atoms with van der Waals surface area (Å²) >= 11 is 0.755. The fraction of sp³-hybridized carbons (Fsp3) is 0.100. The molecule has 0 aromatic heterocycles. The van der Waals surface area contributed by atoms with Crippen LogP contribution in [0.3, 0.4) is 0 Å². The Balaban J connectivity index is 1.70. The monoisotopic (exact) mass is 412 g/mol. The molecule has 9 heteroatoms. The number of thioether (sulfide) groups is 1. The fourth-order valence-electron chi connectivity index (χ4n) is 2.66. The van der Waals surface area contributed by atoms with Crippen LogP contribution in [-0.4, -0.2) is 44.7 Å². The van der Waals surface area contributed by atoms with Crippen molar-refractivity contribution in [3.8, 4) is 5.75 Å². The Morgan fingerprint density at radius 1 is 1.17 bits per heavy atom. The number of carbonyl (C=O) groups excluding carboxylic acids is 3. The Kier molecular flexibility index (Phi) is 5.69. The average molecular weight is 412 g/mol. The van der Waals surface area contributed by atoms with E-state index < -0.39 is 35.3 Å². The number of carbonyl (C=O) groups is 4. The zero-order valence-corrected chi connectivity index (χ0v) is 16.0. The van der Waals surface area contributed by atoms with Gasteiger partial charge in [-0.2, -0.15) is 0 Å². The van der Waals surface area contributed by atoms with Crippen molar-refractivity contribution < 1.29 is 29.4 Å². The minimum atomic E-state index is -1.31. The van der Waals surface area contributed by atoms with E-state index in [1.54, 1.807) is 6.08 Å². The van der Waals surface area contributed by atoms with Crippen LogP contribution in [0.2, 0.25) is 0 Å². The molecule has 3 N–H and O–H groups in total. The van der Waals surface area contributed by atoms with Gasteiger partial charge in [0.15, 0.2) is 0 Å². The summed E-state index contributed by atoms with van der Waals surface area (Å²) in [6, 6.07) is 10.9. The number of phenols is 1. The smallest absolute Gasteiger partial charge is 0.339 e. The van der Waals surface area contributed by atoms with Gasteiger partial charge in [0.25, 0.3) is 11.1 Å². The molecule has 2 aromatic carbocycles. The number of aromatic carboxylic acids is 1. The van der Waals surface area contributed by atoms with Crippen molar-refractivity contribution in [2.45, 2.75) is 6.92 Å². The van der Waals surface area contributed by atoms with Crippen molar-refractivity contribution in [3.63, 3.8) is 0 Å². The molecule has 1 heterocycles. The van der Waals surface area contributed by atoms with Crippen molar-refractivity contribution in [2.75, 3.05) is 11.9 Å². The highest BCUT2D eigenvalue weighted by atomic mass is 32.2. The third kappa shape index (κ3) is 4.46. The number of hydrogen-bond donors (Lipinski definition) is 3. The van der Waals surface area contributed by atoms with E-state index in [1.807, 2.05) is 31.2 Å². The van der Waals surface area contributed by atoms with Gasteiger partial charge in [0.2, 0.25) is 5.91 Å². The van der Waals surface area contributed by atoms with E-state index >= 15 is 0 Å². The molecule has 2 aromatic rings. The number of imide groups is 1. The van der Waals surface area contributed by atoms with Crippen LogP contribution < -0.4 is 5.32 Å². The lowest BCUT2D eigenvalue weighted by Gasteiger charge is -2.13. The highest BCUT2D eigenvalue weighted by Crippen LogP contribution is 2.32. The average Bonchev–Trinajstić information content (AvgIpc) is 2.91. The zero-order valence-electron chi connectivity index (χ0n) is 15.2. The van der Waals surface area contributed by atoms with Crippen LogP contribution in [0.1, 0.15) is 21.5 Å². The minimum absolute atomic E-state index is 0.139. The molecule has 0 saturated carbocycles. The quantitative estimate of drug-likeness (QED) is 0.645. The first-order valence-electron chi connectivity index (χ1n) is 8.43. The second kappa shape index (κ2) is 8.19. The van der Waals surface area contributed by atoms with Gasteiger partial charge in [-0.15, -0.1) is 0 Å². The zero-order chi connectivity index (χ0) is 21.1. The Morgan fingerprint density at radius 2 is 1.90 bits per heavy atom. The summed E-state index contributed by atoms with van der Waals surface area (Å²) in [5, 5.41) is 20.4. The number of amides is 3. The van der Waals surface area contributed by atoms with Crippen LogP contribution >= 0.6 is 11.8 Å². The molecule has 0 bridgehead atoms. The summed E-state index contributed by atoms with van der Waals surface area (Å²) in [5.41, 5.74) is 1.58. The lowest BCUT2D eigenvalue weighted by molar-refractivity contribution is -0.127. The van der Waals surface area contributed by atoms with Crippen LogP contribution in [0.5, 0.6) is 5.75 Å². The normalized spacial score (nSPS) is 15.1. The molecule has 1 saturated heterocycles. The molecule has 1 aliphatic rings. The molecule has 148 valence electrons. The van der Waals surface area contributed by atoms with Gasteiger partial charge in [-0.1, -0.05) is 24.3 Å². The number of nitrogens with one attached hydrogen (secondary N) is 1. The SMILES string of the molecule is Cc1ccccc1/C=C1\SC(=O)N(CC(=O)Nc2ccc(C(=O)O)c(O)c2)C1=O. The summed E-state index contributed by atoms with van der Waals surface area (Å²) in [6.45, 7) is 1.38. The Bertz CT molecular complexity index is 1060. The van der Waals surface area contributed by atoms with Crippen LogP contribution in [0.4, 0.5) is 10.5 Å². The molecule has 1 fully saturated rings. The van der Waals surface area contributed by atoms with Crippen LogP contribution in [-0.2, 0) is 9.59 Å². The first-order valence-corrected chi connectivity index (χ1v) is 9.25. The summed E-state index contributed by atoms with van der Waals surface area (Å²) < 4.78 is 0. The molecule has 29 heavy (non-hydrogen) atoms. The van der Waals surface area contributed by atoms with E-state index in [1.165, 1.54) is 6.07 Å². The van der Waals surface area contributed by atoms with Crippen molar-refractivity contribution in [1.29, 1.82) is 0 Å². The molecule has 3 rings (SSSR count). The molecule has 0 aliphatic carbocycles. The van der Waals surface area contributed by atoms with Gasteiger partial charge in [-0.25, -0.2) is 4.79 Å². The summed E-state index contributed by atoms with van der Waals surface area (Å²) in [4.78, 5) is 48.9. The summed E-state index contributed by atoms with van der Waals surface area (Å²) in [6.07, 6.45) is 1.61. The van der Waals surface area contributed by atoms with Crippen molar-refractivity contribution in [1.82, 2.24) is 4.90 Å². The molecule has 0 radical (unpaired) electrons. The number of carboxylic acids is 1. The largest absolute Gasteiger partial charge is 0.507 e. The third-order valence-corrected chi connectivity index (χ3v) is 5.07. The van der Waals surface area contributed by atoms with Gasteiger partial charge in [0, 0.05) is 11.8 Å². The highest BCUT2D eigenvalue weighted by Gasteiger charge is 2.36. The van der Waals surface area contributed by atoms with Gasteiger partial charge in [0.1, 0.15) is 17.9 Å². The number of benzene rings is 2. The maximum atomic E-state index is 12.5. The second-order valence-electron chi connectivity index (χ2n) is 6.21. The van der Waals surface area contributed by atoms with E-state index in [0.717, 1.165) is 39.9 Å². The molecular formula is C20H16N2O6S. The molecule has 0 atom stereocenters. The standard InChI is InChI=1S/C20H16N2O6S/c1-11-4-2-3-5-12(11)8-16-18(25)22(20(28)29-16)10-17(24)21-13-6-7-14(19(26)27)15(23)9-13/h2-9,23H,10H2,1H3,(H,21,24)(H,26,27)/b16-8-. The van der Waals surface area contributed by atoms with Crippen LogP contribution in [0.25, 0.3) is 6.08 Å². The molecule has 3 amide bonds. The third-order valence-electron chi connectivity index (χ3n) is 4.16. The number of hydrogen-bond acceptors (Lipinski definition) is 6. The lowest BCUT2D eigenvalue weighted by atomic mass is 10.1. The van der Waals surface area contributed by atoms with E-state index in [9.17, 15) is 24.3 Å². The first-order chi connectivity index (χ1) is 13.8. The van der Waals surface area contributed by atoms with Gasteiger partial charge >= 0.3 is 5.97 Å². The van der Waals surface area contributed by atoms with E-state index in [4.69, 9.17) is 5.11 Å². The molecular weight excluding hydrogens is 396 g/mol. The van der Waals surface area contributed by atoms with E-state index in [0.29, 0.717) is 0 Å². The second-order valence-corrected chi connectivity index (χ2v) is 7.20. The maximum absolute atomic E-state index is 12.5. The van der Waals surface area contributed by atoms with Crippen LogP contribution in [0, 0.1) is 6.92 Å². The van der Waals surface area contributed by atoms with E-state index in [-0.39, 0.29) is 16.2 Å². The topological polar surface area (TPSA) is 124 Å². The Morgan fingerprint density at radius 3 is 2.55 bits per heavy atom.